The van der Waals surface area contributed by atoms with Crippen LogP contribution in [0.5, 0.6) is 0 Å². The normalized spacial score (nSPS) is 10.1. The molecule has 0 saturated heterocycles. The fourth-order valence-electron chi connectivity index (χ4n) is 1.24. The van der Waals surface area contributed by atoms with Crippen LogP contribution in [0.15, 0.2) is 28.9 Å². The fourth-order valence-corrected chi connectivity index (χ4v) is 2.20. The minimum atomic E-state index is 0.395. The molecule has 0 aliphatic rings. The van der Waals surface area contributed by atoms with Gasteiger partial charge in [-0.05, 0) is 12.1 Å². The van der Waals surface area contributed by atoms with E-state index in [1.165, 1.54) is 6.20 Å². The monoisotopic (exact) mass is 266 g/mol. The predicted molar refractivity (Wildman–Crippen MR) is 59.2 cm³/mol. The van der Waals surface area contributed by atoms with Crippen LogP contribution in [0.3, 0.4) is 0 Å². The molecule has 1 aromatic carbocycles. The van der Waals surface area contributed by atoms with Gasteiger partial charge in [-0.1, -0.05) is 33.6 Å². The summed E-state index contributed by atoms with van der Waals surface area (Å²) in [4.78, 5) is 4.14. The van der Waals surface area contributed by atoms with Crippen molar-refractivity contribution in [3.63, 3.8) is 0 Å². The SMILES string of the molecule is N#Cc1cnc2cccc(Br)c2c1Cl. The molecule has 2 aromatic rings. The number of benzene rings is 1. The first-order valence-corrected chi connectivity index (χ1v) is 5.04. The molecule has 14 heavy (non-hydrogen) atoms. The van der Waals surface area contributed by atoms with Gasteiger partial charge in [0.05, 0.1) is 16.1 Å². The maximum absolute atomic E-state index is 8.78. The van der Waals surface area contributed by atoms with Gasteiger partial charge in [0.2, 0.25) is 0 Å². The topological polar surface area (TPSA) is 36.7 Å². The highest BCUT2D eigenvalue weighted by Gasteiger charge is 2.08. The summed E-state index contributed by atoms with van der Waals surface area (Å²) >= 11 is 9.43. The molecule has 0 spiro atoms. The Kier molecular flexibility index (Phi) is 2.40. The van der Waals surface area contributed by atoms with Crippen LogP contribution < -0.4 is 0 Å². The Labute approximate surface area is 94.3 Å². The Morgan fingerprint density at radius 2 is 2.21 bits per heavy atom. The Morgan fingerprint density at radius 3 is 2.93 bits per heavy atom. The van der Waals surface area contributed by atoms with Crippen LogP contribution in [-0.4, -0.2) is 4.98 Å². The summed E-state index contributed by atoms with van der Waals surface area (Å²) in [5.41, 5.74) is 1.18. The number of aromatic nitrogens is 1. The average Bonchev–Trinajstić information content (AvgIpc) is 2.18. The number of halogens is 2. The highest BCUT2D eigenvalue weighted by atomic mass is 79.9. The molecule has 0 saturated carbocycles. The molecule has 0 atom stereocenters. The molecule has 1 heterocycles. The van der Waals surface area contributed by atoms with E-state index in [1.807, 2.05) is 24.3 Å². The van der Waals surface area contributed by atoms with Crippen LogP contribution in [0.1, 0.15) is 5.56 Å². The lowest BCUT2D eigenvalue weighted by atomic mass is 10.2. The number of fused-ring (bicyclic) bond motifs is 1. The molecule has 2 rings (SSSR count). The summed E-state index contributed by atoms with van der Waals surface area (Å²) in [5.74, 6) is 0. The zero-order valence-corrected chi connectivity index (χ0v) is 9.30. The number of rotatable bonds is 0. The maximum atomic E-state index is 8.78. The second kappa shape index (κ2) is 3.56. The number of hydrogen-bond acceptors (Lipinski definition) is 2. The summed E-state index contributed by atoms with van der Waals surface area (Å²) in [5, 5.41) is 10.0. The Hall–Kier alpha value is -1.11. The molecule has 2 nitrogen and oxygen atoms in total. The van der Waals surface area contributed by atoms with E-state index < -0.39 is 0 Å². The van der Waals surface area contributed by atoms with E-state index in [9.17, 15) is 0 Å². The van der Waals surface area contributed by atoms with E-state index in [0.29, 0.717) is 10.6 Å². The van der Waals surface area contributed by atoms with Gasteiger partial charge in [-0.15, -0.1) is 0 Å². The van der Waals surface area contributed by atoms with Gasteiger partial charge < -0.3 is 0 Å². The van der Waals surface area contributed by atoms with Gasteiger partial charge in [0.25, 0.3) is 0 Å². The standard InChI is InChI=1S/C10H4BrClN2/c11-7-2-1-3-8-9(7)10(12)6(4-13)5-14-8/h1-3,5H. The second-order valence-electron chi connectivity index (χ2n) is 2.73. The zero-order chi connectivity index (χ0) is 10.1. The van der Waals surface area contributed by atoms with Gasteiger partial charge >= 0.3 is 0 Å². The summed E-state index contributed by atoms with van der Waals surface area (Å²) in [6, 6.07) is 7.60. The van der Waals surface area contributed by atoms with Gasteiger partial charge in [0.15, 0.2) is 0 Å². The molecule has 0 fully saturated rings. The summed E-state index contributed by atoms with van der Waals surface area (Å²) < 4.78 is 0.851. The van der Waals surface area contributed by atoms with E-state index in [0.717, 1.165) is 15.4 Å². The van der Waals surface area contributed by atoms with Crippen molar-refractivity contribution in [2.45, 2.75) is 0 Å². The molecule has 0 aliphatic heterocycles. The molecule has 4 heteroatoms. The van der Waals surface area contributed by atoms with Crippen molar-refractivity contribution in [2.75, 3.05) is 0 Å². The van der Waals surface area contributed by atoms with Crippen LogP contribution in [0.2, 0.25) is 5.02 Å². The largest absolute Gasteiger partial charge is 0.255 e. The first kappa shape index (κ1) is 9.45. The van der Waals surface area contributed by atoms with Crippen LogP contribution in [0.25, 0.3) is 10.9 Å². The fraction of sp³-hybridized carbons (Fsp3) is 0. The van der Waals surface area contributed by atoms with Crippen molar-refractivity contribution in [1.29, 1.82) is 5.26 Å². The molecular formula is C10H4BrClN2. The third kappa shape index (κ3) is 1.37. The van der Waals surface area contributed by atoms with Crippen LogP contribution >= 0.6 is 27.5 Å². The van der Waals surface area contributed by atoms with Crippen LogP contribution in [0, 0.1) is 11.3 Å². The number of pyridine rings is 1. The van der Waals surface area contributed by atoms with Crippen molar-refractivity contribution >= 4 is 38.4 Å². The molecule has 0 aliphatic carbocycles. The molecule has 0 amide bonds. The third-order valence-electron chi connectivity index (χ3n) is 1.90. The van der Waals surface area contributed by atoms with E-state index >= 15 is 0 Å². The lowest BCUT2D eigenvalue weighted by Gasteiger charge is -2.02. The highest BCUT2D eigenvalue weighted by Crippen LogP contribution is 2.31. The minimum Gasteiger partial charge on any atom is -0.255 e. The summed E-state index contributed by atoms with van der Waals surface area (Å²) in [6.45, 7) is 0. The summed E-state index contributed by atoms with van der Waals surface area (Å²) in [6.07, 6.45) is 1.48. The molecule has 1 aromatic heterocycles. The van der Waals surface area contributed by atoms with Crippen LogP contribution in [-0.2, 0) is 0 Å². The highest BCUT2D eigenvalue weighted by molar-refractivity contribution is 9.10. The average molecular weight is 268 g/mol. The number of hydrogen-bond donors (Lipinski definition) is 0. The number of nitriles is 1. The Morgan fingerprint density at radius 1 is 1.43 bits per heavy atom. The first-order valence-electron chi connectivity index (χ1n) is 3.87. The summed E-state index contributed by atoms with van der Waals surface area (Å²) in [7, 11) is 0. The maximum Gasteiger partial charge on any atom is 0.102 e. The Bertz CT molecular complexity index is 546. The smallest absolute Gasteiger partial charge is 0.102 e. The second-order valence-corrected chi connectivity index (χ2v) is 3.96. The Balaban J connectivity index is 2.95. The van der Waals surface area contributed by atoms with Crippen molar-refractivity contribution in [1.82, 2.24) is 4.98 Å². The molecule has 0 unspecified atom stereocenters. The van der Waals surface area contributed by atoms with Crippen molar-refractivity contribution in [2.24, 2.45) is 0 Å². The minimum absolute atomic E-state index is 0.395. The van der Waals surface area contributed by atoms with Gasteiger partial charge in [0, 0.05) is 16.1 Å². The zero-order valence-electron chi connectivity index (χ0n) is 6.96. The van der Waals surface area contributed by atoms with E-state index in [2.05, 4.69) is 20.9 Å². The van der Waals surface area contributed by atoms with E-state index in [-0.39, 0.29) is 0 Å². The van der Waals surface area contributed by atoms with Crippen molar-refractivity contribution in [3.8, 4) is 6.07 Å². The van der Waals surface area contributed by atoms with Gasteiger partial charge in [-0.2, -0.15) is 5.26 Å². The molecule has 68 valence electrons. The molecule has 0 radical (unpaired) electrons. The van der Waals surface area contributed by atoms with Crippen LogP contribution in [0.4, 0.5) is 0 Å². The predicted octanol–water partition coefficient (Wildman–Crippen LogP) is 3.52. The quantitative estimate of drug-likeness (QED) is 0.732. The van der Waals surface area contributed by atoms with Crippen molar-refractivity contribution in [3.05, 3.63) is 39.5 Å². The van der Waals surface area contributed by atoms with Gasteiger partial charge in [-0.3, -0.25) is 4.98 Å². The molecule has 0 N–H and O–H groups in total. The van der Waals surface area contributed by atoms with E-state index in [4.69, 9.17) is 16.9 Å². The molecular weight excluding hydrogens is 263 g/mol. The lowest BCUT2D eigenvalue weighted by molar-refractivity contribution is 1.37. The van der Waals surface area contributed by atoms with Crippen molar-refractivity contribution < 1.29 is 0 Å². The third-order valence-corrected chi connectivity index (χ3v) is 2.95. The number of nitrogens with zero attached hydrogens (tertiary/aromatic N) is 2. The lowest BCUT2D eigenvalue weighted by Crippen LogP contribution is -1.85. The van der Waals surface area contributed by atoms with Gasteiger partial charge in [0.1, 0.15) is 6.07 Å². The first-order chi connectivity index (χ1) is 6.74. The van der Waals surface area contributed by atoms with E-state index in [1.54, 1.807) is 0 Å². The van der Waals surface area contributed by atoms with Gasteiger partial charge in [-0.25, -0.2) is 0 Å². The molecule has 0 bridgehead atoms.